The van der Waals surface area contributed by atoms with Crippen molar-refractivity contribution >= 4 is 5.91 Å². The van der Waals surface area contributed by atoms with Gasteiger partial charge in [0.1, 0.15) is 6.10 Å². The third kappa shape index (κ3) is 3.76. The van der Waals surface area contributed by atoms with E-state index in [-0.39, 0.29) is 12.0 Å². The Morgan fingerprint density at radius 3 is 2.94 bits per heavy atom. The summed E-state index contributed by atoms with van der Waals surface area (Å²) < 4.78 is 5.62. The Hall–Kier alpha value is -0.610. The zero-order chi connectivity index (χ0) is 11.4. The molecular weight excluding hydrogens is 204 g/mol. The van der Waals surface area contributed by atoms with E-state index in [2.05, 4.69) is 10.6 Å². The van der Waals surface area contributed by atoms with Crippen LogP contribution < -0.4 is 10.6 Å². The molecule has 0 bridgehead atoms. The highest BCUT2D eigenvalue weighted by molar-refractivity contribution is 5.80. The second-order valence-corrected chi connectivity index (χ2v) is 4.97. The van der Waals surface area contributed by atoms with Gasteiger partial charge >= 0.3 is 0 Å². The van der Waals surface area contributed by atoms with Crippen molar-refractivity contribution in [1.82, 2.24) is 10.6 Å². The molecular formula is C12H22N2O2. The Balaban J connectivity index is 1.61. The summed E-state index contributed by atoms with van der Waals surface area (Å²) in [6.45, 7) is 4.69. The molecule has 1 aliphatic carbocycles. The van der Waals surface area contributed by atoms with Gasteiger partial charge in [-0.15, -0.1) is 0 Å². The number of piperidine rings is 1. The number of amides is 1. The molecule has 2 atom stereocenters. The molecule has 4 nitrogen and oxygen atoms in total. The molecule has 0 aromatic carbocycles. The Morgan fingerprint density at radius 1 is 1.50 bits per heavy atom. The van der Waals surface area contributed by atoms with Gasteiger partial charge in [-0.1, -0.05) is 0 Å². The van der Waals surface area contributed by atoms with Crippen LogP contribution in [0.15, 0.2) is 0 Å². The Bertz CT molecular complexity index is 235. The average Bonchev–Trinajstić information content (AvgIpc) is 3.11. The van der Waals surface area contributed by atoms with Gasteiger partial charge in [0.2, 0.25) is 5.91 Å². The highest BCUT2D eigenvalue weighted by Gasteiger charge is 2.26. The molecule has 2 unspecified atom stereocenters. The molecule has 2 N–H and O–H groups in total. The van der Waals surface area contributed by atoms with Gasteiger partial charge in [0.15, 0.2) is 0 Å². The van der Waals surface area contributed by atoms with Crippen molar-refractivity contribution in [2.45, 2.75) is 44.8 Å². The number of nitrogens with one attached hydrogen (secondary N) is 2. The molecule has 1 aliphatic heterocycles. The van der Waals surface area contributed by atoms with Crippen LogP contribution >= 0.6 is 0 Å². The fraction of sp³-hybridized carbons (Fsp3) is 0.917. The summed E-state index contributed by atoms with van der Waals surface area (Å²) in [6.07, 6.45) is 4.39. The molecule has 16 heavy (non-hydrogen) atoms. The van der Waals surface area contributed by atoms with E-state index >= 15 is 0 Å². The molecule has 0 aromatic rings. The zero-order valence-electron chi connectivity index (χ0n) is 10.00. The highest BCUT2D eigenvalue weighted by Crippen LogP contribution is 2.19. The van der Waals surface area contributed by atoms with Gasteiger partial charge in [-0.2, -0.15) is 0 Å². The second-order valence-electron chi connectivity index (χ2n) is 4.97. The van der Waals surface area contributed by atoms with Crippen molar-refractivity contribution in [2.75, 3.05) is 19.7 Å². The van der Waals surface area contributed by atoms with Crippen LogP contribution in [0, 0.1) is 5.92 Å². The zero-order valence-corrected chi connectivity index (χ0v) is 10.00. The Morgan fingerprint density at radius 2 is 2.31 bits per heavy atom. The molecule has 0 radical (unpaired) electrons. The maximum atomic E-state index is 11.6. The van der Waals surface area contributed by atoms with Crippen LogP contribution in [0.5, 0.6) is 0 Å². The first-order valence-corrected chi connectivity index (χ1v) is 6.38. The summed E-state index contributed by atoms with van der Waals surface area (Å²) >= 11 is 0. The molecule has 1 saturated heterocycles. The van der Waals surface area contributed by atoms with E-state index in [1.165, 1.54) is 12.8 Å². The largest absolute Gasteiger partial charge is 0.368 e. The van der Waals surface area contributed by atoms with Crippen molar-refractivity contribution in [3.63, 3.8) is 0 Å². The first kappa shape index (κ1) is 11.9. The first-order valence-electron chi connectivity index (χ1n) is 6.38. The number of rotatable bonds is 5. The van der Waals surface area contributed by atoms with E-state index in [0.717, 1.165) is 25.9 Å². The minimum absolute atomic E-state index is 0.0475. The van der Waals surface area contributed by atoms with Crippen molar-refractivity contribution in [1.29, 1.82) is 0 Å². The topological polar surface area (TPSA) is 50.4 Å². The van der Waals surface area contributed by atoms with Gasteiger partial charge in [-0.3, -0.25) is 4.79 Å². The first-order chi connectivity index (χ1) is 7.75. The SMILES string of the molecule is CC(OCC1CCCNC1)C(=O)NC1CC1. The summed E-state index contributed by atoms with van der Waals surface area (Å²) in [4.78, 5) is 11.6. The lowest BCUT2D eigenvalue weighted by Crippen LogP contribution is -2.38. The fourth-order valence-electron chi connectivity index (χ4n) is 1.97. The predicted octanol–water partition coefficient (Wildman–Crippen LogP) is 0.670. The summed E-state index contributed by atoms with van der Waals surface area (Å²) in [7, 11) is 0. The van der Waals surface area contributed by atoms with Gasteiger partial charge in [0.25, 0.3) is 0 Å². The van der Waals surface area contributed by atoms with Crippen LogP contribution in [0.2, 0.25) is 0 Å². The van der Waals surface area contributed by atoms with E-state index in [1.807, 2.05) is 6.92 Å². The van der Waals surface area contributed by atoms with Crippen molar-refractivity contribution < 1.29 is 9.53 Å². The van der Waals surface area contributed by atoms with E-state index in [1.54, 1.807) is 0 Å². The molecule has 2 fully saturated rings. The summed E-state index contributed by atoms with van der Waals surface area (Å²) in [5.41, 5.74) is 0. The van der Waals surface area contributed by atoms with Crippen molar-refractivity contribution in [3.8, 4) is 0 Å². The van der Waals surface area contributed by atoms with E-state index in [9.17, 15) is 4.79 Å². The van der Waals surface area contributed by atoms with Crippen LogP contribution in [0.1, 0.15) is 32.6 Å². The van der Waals surface area contributed by atoms with E-state index in [4.69, 9.17) is 4.74 Å². The monoisotopic (exact) mass is 226 g/mol. The third-order valence-corrected chi connectivity index (χ3v) is 3.27. The van der Waals surface area contributed by atoms with Crippen LogP contribution in [0.3, 0.4) is 0 Å². The number of hydrogen-bond donors (Lipinski definition) is 2. The van der Waals surface area contributed by atoms with Gasteiger partial charge in [0.05, 0.1) is 6.61 Å². The highest BCUT2D eigenvalue weighted by atomic mass is 16.5. The normalized spacial score (nSPS) is 27.4. The maximum absolute atomic E-state index is 11.6. The lowest BCUT2D eigenvalue weighted by molar-refractivity contribution is -0.132. The number of carbonyl (C=O) groups is 1. The molecule has 0 aromatic heterocycles. The summed E-state index contributed by atoms with van der Waals surface area (Å²) in [6, 6.07) is 0.426. The van der Waals surface area contributed by atoms with E-state index in [0.29, 0.717) is 18.6 Å². The molecule has 1 amide bonds. The lowest BCUT2D eigenvalue weighted by Gasteiger charge is -2.24. The third-order valence-electron chi connectivity index (χ3n) is 3.27. The summed E-state index contributed by atoms with van der Waals surface area (Å²) in [5, 5.41) is 6.31. The van der Waals surface area contributed by atoms with Crippen LogP contribution in [-0.2, 0) is 9.53 Å². The molecule has 1 saturated carbocycles. The fourth-order valence-corrected chi connectivity index (χ4v) is 1.97. The number of carbonyl (C=O) groups excluding carboxylic acids is 1. The van der Waals surface area contributed by atoms with Crippen LogP contribution in [0.4, 0.5) is 0 Å². The predicted molar refractivity (Wildman–Crippen MR) is 62.2 cm³/mol. The van der Waals surface area contributed by atoms with Gasteiger partial charge in [-0.25, -0.2) is 0 Å². The van der Waals surface area contributed by atoms with Crippen LogP contribution in [0.25, 0.3) is 0 Å². The quantitative estimate of drug-likeness (QED) is 0.724. The lowest BCUT2D eigenvalue weighted by atomic mass is 10.0. The van der Waals surface area contributed by atoms with Crippen molar-refractivity contribution in [3.05, 3.63) is 0 Å². The number of hydrogen-bond acceptors (Lipinski definition) is 3. The van der Waals surface area contributed by atoms with Crippen LogP contribution in [-0.4, -0.2) is 37.7 Å². The maximum Gasteiger partial charge on any atom is 0.249 e. The second kappa shape index (κ2) is 5.64. The molecule has 92 valence electrons. The Kier molecular flexibility index (Phi) is 4.18. The Labute approximate surface area is 97.1 Å². The molecule has 4 heteroatoms. The van der Waals surface area contributed by atoms with Gasteiger partial charge in [-0.05, 0) is 45.1 Å². The minimum Gasteiger partial charge on any atom is -0.368 e. The molecule has 2 aliphatic rings. The minimum atomic E-state index is -0.303. The summed E-state index contributed by atoms with van der Waals surface area (Å²) in [5.74, 6) is 0.621. The molecule has 1 heterocycles. The van der Waals surface area contributed by atoms with Gasteiger partial charge in [0, 0.05) is 12.6 Å². The van der Waals surface area contributed by atoms with Gasteiger partial charge < -0.3 is 15.4 Å². The molecule has 2 rings (SSSR count). The van der Waals surface area contributed by atoms with E-state index < -0.39 is 0 Å². The van der Waals surface area contributed by atoms with Crippen molar-refractivity contribution in [2.24, 2.45) is 5.92 Å². The number of ether oxygens (including phenoxy) is 1. The molecule has 0 spiro atoms. The smallest absolute Gasteiger partial charge is 0.249 e. The standard InChI is InChI=1S/C12H22N2O2/c1-9(12(15)14-11-4-5-11)16-8-10-3-2-6-13-7-10/h9-11,13H,2-8H2,1H3,(H,14,15). The average molecular weight is 226 g/mol.